The summed E-state index contributed by atoms with van der Waals surface area (Å²) < 4.78 is 0. The molecule has 5 nitrogen and oxygen atoms in total. The van der Waals surface area contributed by atoms with Gasteiger partial charge in [0, 0.05) is 13.1 Å². The summed E-state index contributed by atoms with van der Waals surface area (Å²) in [4.78, 5) is 26.1. The number of nitrogens with zero attached hydrogens (tertiary/aromatic N) is 1. The predicted octanol–water partition coefficient (Wildman–Crippen LogP) is 1.10. The number of halogens is 1. The molecular formula is C13H20ClN3O2S. The van der Waals surface area contributed by atoms with E-state index in [0.717, 1.165) is 13.0 Å². The van der Waals surface area contributed by atoms with Gasteiger partial charge in [-0.3, -0.25) is 9.59 Å². The molecule has 2 rings (SSSR count). The van der Waals surface area contributed by atoms with Crippen LogP contribution in [0.15, 0.2) is 17.5 Å². The number of amides is 2. The van der Waals surface area contributed by atoms with E-state index in [1.807, 2.05) is 11.4 Å². The second-order valence-corrected chi connectivity index (χ2v) is 6.19. The highest BCUT2D eigenvalue weighted by Gasteiger charge is 2.34. The first kappa shape index (κ1) is 16.9. The van der Waals surface area contributed by atoms with Gasteiger partial charge in [-0.15, -0.1) is 23.7 Å². The minimum atomic E-state index is -0.191. The Morgan fingerprint density at radius 2 is 2.30 bits per heavy atom. The van der Waals surface area contributed by atoms with Crippen LogP contribution in [0.3, 0.4) is 0 Å². The highest BCUT2D eigenvalue weighted by atomic mass is 35.5. The quantitative estimate of drug-likeness (QED) is 0.873. The lowest BCUT2D eigenvalue weighted by molar-refractivity contribution is -0.129. The number of likely N-dealkylation sites (tertiary alicyclic amines) is 1. The van der Waals surface area contributed by atoms with E-state index in [0.29, 0.717) is 18.0 Å². The first-order valence-electron chi connectivity index (χ1n) is 6.34. The van der Waals surface area contributed by atoms with Gasteiger partial charge in [0.15, 0.2) is 0 Å². The van der Waals surface area contributed by atoms with Crippen LogP contribution in [0, 0.1) is 5.41 Å². The normalized spacial score (nSPS) is 21.4. The zero-order chi connectivity index (χ0) is 13.9. The van der Waals surface area contributed by atoms with Crippen molar-refractivity contribution < 1.29 is 9.59 Å². The Morgan fingerprint density at radius 3 is 2.85 bits per heavy atom. The molecule has 0 radical (unpaired) electrons. The molecule has 7 heteroatoms. The van der Waals surface area contributed by atoms with Gasteiger partial charge in [-0.05, 0) is 29.8 Å². The van der Waals surface area contributed by atoms with Crippen LogP contribution in [-0.4, -0.2) is 42.9 Å². The molecule has 20 heavy (non-hydrogen) atoms. The van der Waals surface area contributed by atoms with Crippen molar-refractivity contribution >= 4 is 35.6 Å². The third-order valence-electron chi connectivity index (χ3n) is 3.55. The number of nitrogens with one attached hydrogen (secondary N) is 1. The molecule has 112 valence electrons. The van der Waals surface area contributed by atoms with Gasteiger partial charge in [0.05, 0.1) is 11.4 Å². The van der Waals surface area contributed by atoms with Crippen LogP contribution >= 0.6 is 23.7 Å². The van der Waals surface area contributed by atoms with Crippen molar-refractivity contribution in [2.24, 2.45) is 11.1 Å². The molecule has 0 aliphatic carbocycles. The standard InChI is InChI=1S/C13H19N3O2S.ClH/c1-13(8-14)4-5-16(9-13)11(17)7-15-12(18)10-3-2-6-19-10;/h2-3,6H,4-5,7-9,14H2,1H3,(H,15,18);1H. The van der Waals surface area contributed by atoms with Crippen LogP contribution in [-0.2, 0) is 4.79 Å². The minimum Gasteiger partial charge on any atom is -0.342 e. The molecule has 0 saturated carbocycles. The number of nitrogens with two attached hydrogens (primary N) is 1. The predicted molar refractivity (Wildman–Crippen MR) is 82.3 cm³/mol. The summed E-state index contributed by atoms with van der Waals surface area (Å²) in [7, 11) is 0. The van der Waals surface area contributed by atoms with Crippen molar-refractivity contribution in [2.45, 2.75) is 13.3 Å². The molecule has 1 saturated heterocycles. The highest BCUT2D eigenvalue weighted by Crippen LogP contribution is 2.28. The van der Waals surface area contributed by atoms with E-state index in [1.165, 1.54) is 11.3 Å². The molecule has 1 aromatic heterocycles. The smallest absolute Gasteiger partial charge is 0.261 e. The third kappa shape index (κ3) is 3.94. The first-order chi connectivity index (χ1) is 9.04. The molecule has 1 aromatic rings. The summed E-state index contributed by atoms with van der Waals surface area (Å²) in [5, 5.41) is 4.49. The van der Waals surface area contributed by atoms with Crippen molar-refractivity contribution in [3.63, 3.8) is 0 Å². The summed E-state index contributed by atoms with van der Waals surface area (Å²) >= 11 is 1.36. The maximum absolute atomic E-state index is 12.0. The van der Waals surface area contributed by atoms with Gasteiger partial charge >= 0.3 is 0 Å². The minimum absolute atomic E-state index is 0. The Bertz CT molecular complexity index is 466. The van der Waals surface area contributed by atoms with Crippen LogP contribution in [0.2, 0.25) is 0 Å². The number of hydrogen-bond donors (Lipinski definition) is 2. The first-order valence-corrected chi connectivity index (χ1v) is 7.22. The fourth-order valence-electron chi connectivity index (χ4n) is 2.17. The fourth-order valence-corrected chi connectivity index (χ4v) is 2.81. The lowest BCUT2D eigenvalue weighted by Crippen LogP contribution is -2.40. The summed E-state index contributed by atoms with van der Waals surface area (Å²) in [5.74, 6) is -0.230. The lowest BCUT2D eigenvalue weighted by atomic mass is 9.90. The van der Waals surface area contributed by atoms with Gasteiger partial charge in [-0.2, -0.15) is 0 Å². The molecule has 1 aliphatic rings. The molecular weight excluding hydrogens is 298 g/mol. The van der Waals surface area contributed by atoms with Crippen LogP contribution in [0.25, 0.3) is 0 Å². The fraction of sp³-hybridized carbons (Fsp3) is 0.538. The van der Waals surface area contributed by atoms with Crippen molar-refractivity contribution in [1.82, 2.24) is 10.2 Å². The molecule has 0 bridgehead atoms. The van der Waals surface area contributed by atoms with Gasteiger partial charge in [0.2, 0.25) is 5.91 Å². The molecule has 0 spiro atoms. The Balaban J connectivity index is 0.00000200. The molecule has 1 unspecified atom stereocenters. The van der Waals surface area contributed by atoms with Gasteiger partial charge in [0.25, 0.3) is 5.91 Å². The monoisotopic (exact) mass is 317 g/mol. The molecule has 1 fully saturated rings. The Hall–Kier alpha value is -1.11. The van der Waals surface area contributed by atoms with Gasteiger partial charge in [-0.1, -0.05) is 13.0 Å². The van der Waals surface area contributed by atoms with E-state index >= 15 is 0 Å². The van der Waals surface area contributed by atoms with Crippen LogP contribution in [0.5, 0.6) is 0 Å². The molecule has 2 heterocycles. The van der Waals surface area contributed by atoms with E-state index in [1.54, 1.807) is 11.0 Å². The SMILES string of the molecule is CC1(CN)CCN(C(=O)CNC(=O)c2cccs2)C1.Cl. The van der Waals surface area contributed by atoms with Crippen molar-refractivity contribution in [3.8, 4) is 0 Å². The summed E-state index contributed by atoms with van der Waals surface area (Å²) in [6.45, 7) is 4.12. The largest absolute Gasteiger partial charge is 0.342 e. The molecule has 0 aromatic carbocycles. The molecule has 3 N–H and O–H groups in total. The second-order valence-electron chi connectivity index (χ2n) is 5.24. The maximum atomic E-state index is 12.0. The number of thiophene rings is 1. The van der Waals surface area contributed by atoms with E-state index in [-0.39, 0.29) is 36.2 Å². The zero-order valence-corrected chi connectivity index (χ0v) is 13.1. The van der Waals surface area contributed by atoms with Gasteiger partial charge in [0.1, 0.15) is 0 Å². The molecule has 1 atom stereocenters. The second kappa shape index (κ2) is 7.06. The van der Waals surface area contributed by atoms with Crippen LogP contribution in [0.1, 0.15) is 23.0 Å². The van der Waals surface area contributed by atoms with E-state index in [4.69, 9.17) is 5.73 Å². The summed E-state index contributed by atoms with van der Waals surface area (Å²) in [6.07, 6.45) is 0.925. The van der Waals surface area contributed by atoms with Crippen molar-refractivity contribution in [2.75, 3.05) is 26.2 Å². The molecule has 2 amide bonds. The van der Waals surface area contributed by atoms with Crippen LogP contribution < -0.4 is 11.1 Å². The average molecular weight is 318 g/mol. The maximum Gasteiger partial charge on any atom is 0.261 e. The topological polar surface area (TPSA) is 75.4 Å². The number of rotatable bonds is 4. The zero-order valence-electron chi connectivity index (χ0n) is 11.4. The summed E-state index contributed by atoms with van der Waals surface area (Å²) in [5.41, 5.74) is 5.73. The van der Waals surface area contributed by atoms with Gasteiger partial charge < -0.3 is 16.0 Å². The Morgan fingerprint density at radius 1 is 1.55 bits per heavy atom. The van der Waals surface area contributed by atoms with Gasteiger partial charge in [-0.25, -0.2) is 0 Å². The number of carbonyl (C=O) groups is 2. The Kier molecular flexibility index (Phi) is 5.98. The van der Waals surface area contributed by atoms with Crippen molar-refractivity contribution in [1.29, 1.82) is 0 Å². The number of hydrogen-bond acceptors (Lipinski definition) is 4. The number of carbonyl (C=O) groups excluding carboxylic acids is 2. The highest BCUT2D eigenvalue weighted by molar-refractivity contribution is 7.12. The van der Waals surface area contributed by atoms with E-state index < -0.39 is 0 Å². The lowest BCUT2D eigenvalue weighted by Gasteiger charge is -2.22. The average Bonchev–Trinajstić information content (AvgIpc) is 3.05. The van der Waals surface area contributed by atoms with E-state index in [9.17, 15) is 9.59 Å². The molecule has 1 aliphatic heterocycles. The third-order valence-corrected chi connectivity index (χ3v) is 4.42. The van der Waals surface area contributed by atoms with Crippen LogP contribution in [0.4, 0.5) is 0 Å². The summed E-state index contributed by atoms with van der Waals surface area (Å²) in [6, 6.07) is 3.56. The van der Waals surface area contributed by atoms with E-state index in [2.05, 4.69) is 12.2 Å². The van der Waals surface area contributed by atoms with Crippen molar-refractivity contribution in [3.05, 3.63) is 22.4 Å². The Labute approximate surface area is 128 Å².